The molecule has 0 aromatic heterocycles. The molecule has 0 heterocycles. The van der Waals surface area contributed by atoms with Gasteiger partial charge in [0.05, 0.1) is 6.04 Å². The zero-order chi connectivity index (χ0) is 16.8. The van der Waals surface area contributed by atoms with Crippen LogP contribution in [0.1, 0.15) is 37.1 Å². The number of nitrogens with one attached hydrogen (secondary N) is 1. The van der Waals surface area contributed by atoms with Crippen LogP contribution in [0.3, 0.4) is 0 Å². The molecule has 0 aliphatic heterocycles. The van der Waals surface area contributed by atoms with Crippen LogP contribution in [0.15, 0.2) is 48.5 Å². The van der Waals surface area contributed by atoms with Gasteiger partial charge in [-0.05, 0) is 31.5 Å². The molecule has 2 atom stereocenters. The maximum Gasteiger partial charge on any atom is 0.275 e. The number of hydrogen-bond donors (Lipinski definition) is 2. The highest BCUT2D eigenvalue weighted by Crippen LogP contribution is 2.14. The molecule has 0 bridgehead atoms. The molecule has 122 valence electrons. The lowest BCUT2D eigenvalue weighted by Gasteiger charge is -2.15. The van der Waals surface area contributed by atoms with Crippen molar-refractivity contribution >= 4 is 5.91 Å². The average Bonchev–Trinajstić information content (AvgIpc) is 2.53. The number of quaternary nitrogens is 1. The van der Waals surface area contributed by atoms with E-state index in [2.05, 4.69) is 5.32 Å². The second-order valence-corrected chi connectivity index (χ2v) is 5.59. The van der Waals surface area contributed by atoms with E-state index in [4.69, 9.17) is 0 Å². The molecule has 5 heteroatoms. The molecule has 0 radical (unpaired) electrons. The Hall–Kier alpha value is -2.27. The van der Waals surface area contributed by atoms with E-state index in [1.54, 1.807) is 12.2 Å². The quantitative estimate of drug-likeness (QED) is 0.844. The highest BCUT2D eigenvalue weighted by atomic mass is 19.1. The summed E-state index contributed by atoms with van der Waals surface area (Å²) in [5.74, 6) is -1.32. The van der Waals surface area contributed by atoms with E-state index < -0.39 is 11.6 Å². The Labute approximate surface area is 134 Å². The lowest BCUT2D eigenvalue weighted by atomic mass is 10.1. The SMILES string of the molecule is C[C@H]([NH2+]CC(=O)N[C@H](C)c1ccccc1)c1ccc(F)cc1F. The molecule has 0 fully saturated rings. The molecule has 3 nitrogen and oxygen atoms in total. The molecule has 0 unspecified atom stereocenters. The maximum absolute atomic E-state index is 13.7. The van der Waals surface area contributed by atoms with Crippen molar-refractivity contribution in [3.63, 3.8) is 0 Å². The van der Waals surface area contributed by atoms with Crippen LogP contribution in [0.2, 0.25) is 0 Å². The monoisotopic (exact) mass is 319 g/mol. The Bertz CT molecular complexity index is 661. The first-order chi connectivity index (χ1) is 11.0. The van der Waals surface area contributed by atoms with Gasteiger partial charge in [-0.2, -0.15) is 0 Å². The predicted molar refractivity (Wildman–Crippen MR) is 84.6 cm³/mol. The molecule has 23 heavy (non-hydrogen) atoms. The zero-order valence-electron chi connectivity index (χ0n) is 13.2. The fraction of sp³-hybridized carbons (Fsp3) is 0.278. The van der Waals surface area contributed by atoms with Crippen LogP contribution in [-0.2, 0) is 4.79 Å². The van der Waals surface area contributed by atoms with E-state index in [0.717, 1.165) is 11.6 Å². The van der Waals surface area contributed by atoms with Crippen LogP contribution in [0, 0.1) is 11.6 Å². The Balaban J connectivity index is 1.86. The summed E-state index contributed by atoms with van der Waals surface area (Å²) in [6, 6.07) is 12.8. The van der Waals surface area contributed by atoms with Crippen LogP contribution in [0.4, 0.5) is 8.78 Å². The molecule has 1 amide bonds. The van der Waals surface area contributed by atoms with E-state index in [1.807, 2.05) is 37.3 Å². The summed E-state index contributed by atoms with van der Waals surface area (Å²) in [5.41, 5.74) is 1.41. The van der Waals surface area contributed by atoms with Crippen molar-refractivity contribution < 1.29 is 18.9 Å². The third-order valence-electron chi connectivity index (χ3n) is 3.79. The molecular formula is C18H21F2N2O+. The van der Waals surface area contributed by atoms with E-state index in [-0.39, 0.29) is 24.5 Å². The van der Waals surface area contributed by atoms with Crippen molar-refractivity contribution in [3.05, 3.63) is 71.3 Å². The number of hydrogen-bond acceptors (Lipinski definition) is 1. The summed E-state index contributed by atoms with van der Waals surface area (Å²) in [7, 11) is 0. The van der Waals surface area contributed by atoms with Crippen molar-refractivity contribution in [1.82, 2.24) is 5.32 Å². The zero-order valence-corrected chi connectivity index (χ0v) is 13.2. The molecule has 3 N–H and O–H groups in total. The smallest absolute Gasteiger partial charge is 0.275 e. The molecule has 2 aromatic rings. The Morgan fingerprint density at radius 2 is 1.83 bits per heavy atom. The molecule has 0 aliphatic carbocycles. The molecule has 2 rings (SSSR count). The number of amides is 1. The van der Waals surface area contributed by atoms with Gasteiger partial charge in [-0.1, -0.05) is 30.3 Å². The second-order valence-electron chi connectivity index (χ2n) is 5.59. The Kier molecular flexibility index (Phi) is 5.82. The van der Waals surface area contributed by atoms with Crippen LogP contribution in [0.5, 0.6) is 0 Å². The number of halogens is 2. The van der Waals surface area contributed by atoms with E-state index >= 15 is 0 Å². The maximum atomic E-state index is 13.7. The minimum atomic E-state index is -0.604. The van der Waals surface area contributed by atoms with Crippen molar-refractivity contribution in [2.45, 2.75) is 25.9 Å². The number of benzene rings is 2. The highest BCUT2D eigenvalue weighted by Gasteiger charge is 2.17. The van der Waals surface area contributed by atoms with Gasteiger partial charge in [0.15, 0.2) is 6.54 Å². The number of nitrogens with two attached hydrogens (primary N) is 1. The van der Waals surface area contributed by atoms with Crippen LogP contribution < -0.4 is 10.6 Å². The summed E-state index contributed by atoms with van der Waals surface area (Å²) < 4.78 is 26.6. The van der Waals surface area contributed by atoms with Crippen molar-refractivity contribution in [2.75, 3.05) is 6.54 Å². The first-order valence-electron chi connectivity index (χ1n) is 7.60. The molecule has 0 saturated carbocycles. The fourth-order valence-corrected chi connectivity index (χ4v) is 2.41. The lowest BCUT2D eigenvalue weighted by molar-refractivity contribution is -0.682. The van der Waals surface area contributed by atoms with E-state index in [9.17, 15) is 13.6 Å². The van der Waals surface area contributed by atoms with Gasteiger partial charge >= 0.3 is 0 Å². The summed E-state index contributed by atoms with van der Waals surface area (Å²) in [4.78, 5) is 12.0. The Morgan fingerprint density at radius 3 is 2.48 bits per heavy atom. The average molecular weight is 319 g/mol. The molecule has 0 aliphatic rings. The summed E-state index contributed by atoms with van der Waals surface area (Å²) in [6.45, 7) is 3.87. The number of rotatable bonds is 6. The second kappa shape index (κ2) is 7.83. The number of carbonyl (C=O) groups excluding carboxylic acids is 1. The van der Waals surface area contributed by atoms with Gasteiger partial charge in [-0.15, -0.1) is 0 Å². The molecule has 0 saturated heterocycles. The lowest BCUT2D eigenvalue weighted by Crippen LogP contribution is -2.87. The van der Waals surface area contributed by atoms with Gasteiger partial charge in [0, 0.05) is 11.6 Å². The van der Waals surface area contributed by atoms with Crippen molar-refractivity contribution in [3.8, 4) is 0 Å². The van der Waals surface area contributed by atoms with Crippen LogP contribution in [0.25, 0.3) is 0 Å². The minimum Gasteiger partial charge on any atom is -0.345 e. The van der Waals surface area contributed by atoms with Crippen LogP contribution >= 0.6 is 0 Å². The number of carbonyl (C=O) groups is 1. The van der Waals surface area contributed by atoms with Gasteiger partial charge in [0.2, 0.25) is 0 Å². The third-order valence-corrected chi connectivity index (χ3v) is 3.79. The Morgan fingerprint density at radius 1 is 1.13 bits per heavy atom. The highest BCUT2D eigenvalue weighted by molar-refractivity contribution is 5.77. The normalized spacial score (nSPS) is 13.4. The largest absolute Gasteiger partial charge is 0.345 e. The minimum absolute atomic E-state index is 0.0880. The van der Waals surface area contributed by atoms with Gasteiger partial charge in [-0.25, -0.2) is 8.78 Å². The van der Waals surface area contributed by atoms with E-state index in [1.165, 1.54) is 12.1 Å². The van der Waals surface area contributed by atoms with Crippen molar-refractivity contribution in [2.24, 2.45) is 0 Å². The summed E-state index contributed by atoms with van der Waals surface area (Å²) >= 11 is 0. The summed E-state index contributed by atoms with van der Waals surface area (Å²) in [6.07, 6.45) is 0. The topological polar surface area (TPSA) is 45.7 Å². The van der Waals surface area contributed by atoms with Crippen molar-refractivity contribution in [1.29, 1.82) is 0 Å². The predicted octanol–water partition coefficient (Wildman–Crippen LogP) is 2.47. The fourth-order valence-electron chi connectivity index (χ4n) is 2.41. The summed E-state index contributed by atoms with van der Waals surface area (Å²) in [5, 5.41) is 4.63. The molecule has 0 spiro atoms. The first kappa shape index (κ1) is 17.1. The van der Waals surface area contributed by atoms with Gasteiger partial charge < -0.3 is 10.6 Å². The van der Waals surface area contributed by atoms with Gasteiger partial charge in [0.25, 0.3) is 5.91 Å². The standard InChI is InChI=1S/C18H20F2N2O/c1-12(14-6-4-3-5-7-14)22-18(23)11-21-13(2)16-9-8-15(19)10-17(16)20/h3-10,12-13,21H,11H2,1-2H3,(H,22,23)/p+1/t12-,13+/m1/s1. The van der Waals surface area contributed by atoms with Crippen LogP contribution in [-0.4, -0.2) is 12.5 Å². The third kappa shape index (κ3) is 4.86. The first-order valence-corrected chi connectivity index (χ1v) is 7.60. The molecular weight excluding hydrogens is 298 g/mol. The van der Waals surface area contributed by atoms with E-state index in [0.29, 0.717) is 5.56 Å². The molecule has 2 aromatic carbocycles. The van der Waals surface area contributed by atoms with Gasteiger partial charge in [-0.3, -0.25) is 4.79 Å². The van der Waals surface area contributed by atoms with Gasteiger partial charge in [0.1, 0.15) is 17.7 Å².